The van der Waals surface area contributed by atoms with Crippen LogP contribution in [0.25, 0.3) is 0 Å². The maximum atomic E-state index is 12.0. The molecule has 5 heteroatoms. The van der Waals surface area contributed by atoms with Crippen molar-refractivity contribution < 1.29 is 4.79 Å². The summed E-state index contributed by atoms with van der Waals surface area (Å²) < 4.78 is 0. The van der Waals surface area contributed by atoms with Crippen LogP contribution in [0.4, 0.5) is 0 Å². The molecule has 2 unspecified atom stereocenters. The third-order valence-corrected chi connectivity index (χ3v) is 2.93. The number of aromatic nitrogens is 2. The fourth-order valence-electron chi connectivity index (χ4n) is 1.48. The number of amides is 1. The van der Waals surface area contributed by atoms with Crippen molar-refractivity contribution in [1.29, 1.82) is 0 Å². The van der Waals surface area contributed by atoms with Crippen molar-refractivity contribution in [3.05, 3.63) is 24.3 Å². The van der Waals surface area contributed by atoms with Gasteiger partial charge in [0.15, 0.2) is 0 Å². The Balaban J connectivity index is 2.58. The third kappa shape index (κ3) is 3.78. The van der Waals surface area contributed by atoms with Crippen LogP contribution >= 0.6 is 0 Å². The lowest BCUT2D eigenvalue weighted by molar-refractivity contribution is -0.133. The Hall–Kier alpha value is -1.49. The molecule has 1 rings (SSSR count). The van der Waals surface area contributed by atoms with Crippen molar-refractivity contribution in [3.8, 4) is 0 Å². The molecule has 0 spiro atoms. The maximum absolute atomic E-state index is 12.0. The van der Waals surface area contributed by atoms with Gasteiger partial charge in [0.05, 0.1) is 24.5 Å². The molecule has 0 saturated carbocycles. The van der Waals surface area contributed by atoms with Crippen LogP contribution in [0, 0.1) is 5.92 Å². The van der Waals surface area contributed by atoms with Gasteiger partial charge < -0.3 is 10.6 Å². The topological polar surface area (TPSA) is 72.1 Å². The molecule has 1 heterocycles. The van der Waals surface area contributed by atoms with Gasteiger partial charge in [0.25, 0.3) is 0 Å². The Morgan fingerprint density at radius 1 is 1.53 bits per heavy atom. The Bertz CT molecular complexity index is 355. The minimum absolute atomic E-state index is 0.0509. The maximum Gasteiger partial charge on any atom is 0.239 e. The lowest BCUT2D eigenvalue weighted by Crippen LogP contribution is -2.45. The number of nitrogens with zero attached hydrogens (tertiary/aromatic N) is 3. The van der Waals surface area contributed by atoms with Gasteiger partial charge in [-0.3, -0.25) is 14.8 Å². The van der Waals surface area contributed by atoms with Crippen LogP contribution in [0.1, 0.15) is 26.0 Å². The van der Waals surface area contributed by atoms with E-state index in [0.717, 1.165) is 12.1 Å². The summed E-state index contributed by atoms with van der Waals surface area (Å²) in [6.07, 6.45) is 5.77. The number of nitrogens with two attached hydrogens (primary N) is 1. The predicted molar refractivity (Wildman–Crippen MR) is 65.9 cm³/mol. The van der Waals surface area contributed by atoms with E-state index in [2.05, 4.69) is 9.97 Å². The van der Waals surface area contributed by atoms with Crippen LogP contribution in [-0.4, -0.2) is 33.9 Å². The van der Waals surface area contributed by atoms with E-state index in [1.54, 1.807) is 30.5 Å². The van der Waals surface area contributed by atoms with Crippen LogP contribution in [0.2, 0.25) is 0 Å². The van der Waals surface area contributed by atoms with E-state index in [9.17, 15) is 4.79 Å². The molecular weight excluding hydrogens is 216 g/mol. The molecule has 0 aromatic carbocycles. The molecule has 1 aromatic heterocycles. The summed E-state index contributed by atoms with van der Waals surface area (Å²) in [4.78, 5) is 21.7. The van der Waals surface area contributed by atoms with Gasteiger partial charge in [-0.2, -0.15) is 0 Å². The molecule has 1 aromatic rings. The van der Waals surface area contributed by atoms with Gasteiger partial charge >= 0.3 is 0 Å². The molecule has 0 aliphatic rings. The third-order valence-electron chi connectivity index (χ3n) is 2.93. The van der Waals surface area contributed by atoms with E-state index >= 15 is 0 Å². The van der Waals surface area contributed by atoms with Gasteiger partial charge in [-0.15, -0.1) is 0 Å². The van der Waals surface area contributed by atoms with Crippen LogP contribution in [-0.2, 0) is 11.3 Å². The van der Waals surface area contributed by atoms with Gasteiger partial charge in [0.2, 0.25) is 5.91 Å². The lowest BCUT2D eigenvalue weighted by Gasteiger charge is -2.24. The first-order valence-corrected chi connectivity index (χ1v) is 5.81. The first-order valence-electron chi connectivity index (χ1n) is 5.81. The van der Waals surface area contributed by atoms with Gasteiger partial charge in [0.1, 0.15) is 0 Å². The molecule has 0 aliphatic carbocycles. The summed E-state index contributed by atoms with van der Waals surface area (Å²) in [5.41, 5.74) is 6.66. The average molecular weight is 236 g/mol. The first kappa shape index (κ1) is 13.6. The second-order valence-electron chi connectivity index (χ2n) is 4.30. The molecule has 17 heavy (non-hydrogen) atoms. The fourth-order valence-corrected chi connectivity index (χ4v) is 1.48. The highest BCUT2D eigenvalue weighted by Gasteiger charge is 2.22. The summed E-state index contributed by atoms with van der Waals surface area (Å²) in [6, 6.07) is -0.443. The van der Waals surface area contributed by atoms with Gasteiger partial charge in [0, 0.05) is 19.4 Å². The summed E-state index contributed by atoms with van der Waals surface area (Å²) in [5.74, 6) is 0.136. The monoisotopic (exact) mass is 236 g/mol. The smallest absolute Gasteiger partial charge is 0.239 e. The molecule has 1 amide bonds. The molecule has 5 nitrogen and oxygen atoms in total. The van der Waals surface area contributed by atoms with E-state index in [1.807, 2.05) is 13.8 Å². The largest absolute Gasteiger partial charge is 0.338 e. The van der Waals surface area contributed by atoms with E-state index < -0.39 is 6.04 Å². The fraction of sp³-hybridized carbons (Fsp3) is 0.583. The number of carbonyl (C=O) groups is 1. The first-order chi connectivity index (χ1) is 8.06. The summed E-state index contributed by atoms with van der Waals surface area (Å²) >= 11 is 0. The zero-order valence-electron chi connectivity index (χ0n) is 10.6. The average Bonchev–Trinajstić information content (AvgIpc) is 2.37. The lowest BCUT2D eigenvalue weighted by atomic mass is 9.99. The summed E-state index contributed by atoms with van der Waals surface area (Å²) in [6.45, 7) is 4.45. The molecule has 0 saturated heterocycles. The van der Waals surface area contributed by atoms with E-state index in [1.165, 1.54) is 0 Å². The summed E-state index contributed by atoms with van der Waals surface area (Å²) in [5, 5.41) is 0. The zero-order chi connectivity index (χ0) is 12.8. The summed E-state index contributed by atoms with van der Waals surface area (Å²) in [7, 11) is 1.74. The number of carbonyl (C=O) groups excluding carboxylic acids is 1. The quantitative estimate of drug-likeness (QED) is 0.821. The minimum atomic E-state index is -0.443. The zero-order valence-corrected chi connectivity index (χ0v) is 10.6. The van der Waals surface area contributed by atoms with Crippen LogP contribution in [0.15, 0.2) is 18.6 Å². The highest BCUT2D eigenvalue weighted by atomic mass is 16.2. The van der Waals surface area contributed by atoms with Crippen molar-refractivity contribution in [3.63, 3.8) is 0 Å². The number of likely N-dealkylation sites (N-methyl/N-ethyl adjacent to an activating group) is 1. The van der Waals surface area contributed by atoms with Crippen molar-refractivity contribution in [2.75, 3.05) is 7.05 Å². The molecule has 0 fully saturated rings. The minimum Gasteiger partial charge on any atom is -0.338 e. The Kier molecular flexibility index (Phi) is 5.03. The number of hydrogen-bond donors (Lipinski definition) is 1. The van der Waals surface area contributed by atoms with Gasteiger partial charge in [-0.1, -0.05) is 20.3 Å². The van der Waals surface area contributed by atoms with Crippen molar-refractivity contribution >= 4 is 5.91 Å². The molecular formula is C12H20N4O. The number of rotatable bonds is 5. The van der Waals surface area contributed by atoms with E-state index in [-0.39, 0.29) is 11.8 Å². The van der Waals surface area contributed by atoms with Crippen LogP contribution in [0.3, 0.4) is 0 Å². The van der Waals surface area contributed by atoms with Crippen molar-refractivity contribution in [2.45, 2.75) is 32.9 Å². The Morgan fingerprint density at radius 2 is 2.24 bits per heavy atom. The van der Waals surface area contributed by atoms with E-state index in [0.29, 0.717) is 6.54 Å². The van der Waals surface area contributed by atoms with Crippen molar-refractivity contribution in [1.82, 2.24) is 14.9 Å². The highest BCUT2D eigenvalue weighted by molar-refractivity contribution is 5.81. The van der Waals surface area contributed by atoms with Crippen LogP contribution < -0.4 is 5.73 Å². The second-order valence-corrected chi connectivity index (χ2v) is 4.30. The van der Waals surface area contributed by atoms with Crippen LogP contribution in [0.5, 0.6) is 0 Å². The highest BCUT2D eigenvalue weighted by Crippen LogP contribution is 2.09. The SMILES string of the molecule is CCC(C)C(N)C(=O)N(C)Cc1cnccn1. The van der Waals surface area contributed by atoms with Gasteiger partial charge in [-0.05, 0) is 5.92 Å². The second kappa shape index (κ2) is 6.30. The van der Waals surface area contributed by atoms with E-state index in [4.69, 9.17) is 5.73 Å². The number of hydrogen-bond acceptors (Lipinski definition) is 4. The van der Waals surface area contributed by atoms with Gasteiger partial charge in [-0.25, -0.2) is 0 Å². The predicted octanol–water partition coefficient (Wildman–Crippen LogP) is 0.808. The molecule has 0 radical (unpaired) electrons. The molecule has 94 valence electrons. The van der Waals surface area contributed by atoms with Crippen molar-refractivity contribution in [2.24, 2.45) is 11.7 Å². The molecule has 2 atom stereocenters. The molecule has 0 bridgehead atoms. The Labute approximate surface area is 102 Å². The standard InChI is InChI=1S/C12H20N4O/c1-4-9(2)11(13)12(17)16(3)8-10-7-14-5-6-15-10/h5-7,9,11H,4,8,13H2,1-3H3. The molecule has 0 aliphatic heterocycles. The Morgan fingerprint density at radius 3 is 2.76 bits per heavy atom. The molecule has 2 N–H and O–H groups in total. The normalized spacial score (nSPS) is 14.1.